The Hall–Kier alpha value is -2.57. The van der Waals surface area contributed by atoms with Gasteiger partial charge in [-0.15, -0.1) is 0 Å². The molecule has 0 aliphatic carbocycles. The molecule has 2 aromatic rings. The van der Waals surface area contributed by atoms with E-state index in [-0.39, 0.29) is 6.54 Å². The first-order chi connectivity index (χ1) is 11.1. The Morgan fingerprint density at radius 2 is 1.92 bits per heavy atom. The molecule has 1 aromatic heterocycles. The largest absolute Gasteiger partial charge is 0.468 e. The number of aromatic nitrogens is 2. The molecule has 1 amide bonds. The summed E-state index contributed by atoms with van der Waals surface area (Å²) in [4.78, 5) is 21.5. The Morgan fingerprint density at radius 1 is 1.25 bits per heavy atom. The van der Waals surface area contributed by atoms with Gasteiger partial charge in [0.15, 0.2) is 0 Å². The van der Waals surface area contributed by atoms with Gasteiger partial charge in [0.05, 0.1) is 18.8 Å². The summed E-state index contributed by atoms with van der Waals surface area (Å²) in [5.74, 6) is -0.508. The summed E-state index contributed by atoms with van der Waals surface area (Å²) in [6.07, 6.45) is 1.23. The highest BCUT2D eigenvalue weighted by molar-refractivity contribution is 5.81. The highest BCUT2D eigenvalue weighted by atomic mass is 16.6. The number of carbonyl (C=O) groups is 2. The molecule has 2 rings (SSSR count). The quantitative estimate of drug-likeness (QED) is 0.823. The summed E-state index contributed by atoms with van der Waals surface area (Å²) in [6, 6.07) is 4.28. The second-order valence-electron chi connectivity index (χ2n) is 6.35. The van der Waals surface area contributed by atoms with Crippen LogP contribution in [0.1, 0.15) is 31.9 Å². The van der Waals surface area contributed by atoms with Gasteiger partial charge in [0.1, 0.15) is 12.1 Å². The lowest BCUT2D eigenvalue weighted by atomic mass is 10.1. The van der Waals surface area contributed by atoms with Gasteiger partial charge in [-0.2, -0.15) is 5.10 Å². The number of H-pyrrole nitrogens is 1. The van der Waals surface area contributed by atoms with Gasteiger partial charge < -0.3 is 14.8 Å². The average molecular weight is 335 g/mol. The minimum absolute atomic E-state index is 0.175. The fourth-order valence-corrected chi connectivity index (χ4v) is 1.95. The normalized spacial score (nSPS) is 10.6. The number of aryl methyl sites for hydroxylation is 2. The third-order valence-electron chi connectivity index (χ3n) is 2.89. The molecule has 132 valence electrons. The number of rotatable bonds is 2. The highest BCUT2D eigenvalue weighted by Crippen LogP contribution is 2.16. The first-order valence-electron chi connectivity index (χ1n) is 7.56. The molecule has 24 heavy (non-hydrogen) atoms. The Balaban J connectivity index is 0.000000242. The van der Waals surface area contributed by atoms with Crippen molar-refractivity contribution in [3.63, 3.8) is 0 Å². The Labute approximate surface area is 141 Å². The van der Waals surface area contributed by atoms with Crippen LogP contribution in [0.5, 0.6) is 0 Å². The number of nitrogens with one attached hydrogen (secondary N) is 2. The molecule has 7 nitrogen and oxygen atoms in total. The Morgan fingerprint density at radius 3 is 2.50 bits per heavy atom. The van der Waals surface area contributed by atoms with Gasteiger partial charge in [0, 0.05) is 5.39 Å². The van der Waals surface area contributed by atoms with E-state index in [1.807, 2.05) is 6.20 Å². The summed E-state index contributed by atoms with van der Waals surface area (Å²) >= 11 is 0. The molecule has 0 aliphatic rings. The molecule has 0 radical (unpaired) electrons. The molecule has 0 bridgehead atoms. The van der Waals surface area contributed by atoms with E-state index in [1.54, 1.807) is 20.8 Å². The Bertz CT molecular complexity index is 701. The summed E-state index contributed by atoms with van der Waals surface area (Å²) in [7, 11) is 1.25. The van der Waals surface area contributed by atoms with Crippen molar-refractivity contribution in [2.24, 2.45) is 0 Å². The van der Waals surface area contributed by atoms with Crippen molar-refractivity contribution in [1.29, 1.82) is 0 Å². The van der Waals surface area contributed by atoms with Crippen LogP contribution < -0.4 is 5.32 Å². The topological polar surface area (TPSA) is 93.3 Å². The van der Waals surface area contributed by atoms with Crippen molar-refractivity contribution in [3.05, 3.63) is 29.5 Å². The third kappa shape index (κ3) is 6.68. The molecule has 0 spiro atoms. The molecular weight excluding hydrogens is 310 g/mol. The number of amides is 1. The van der Waals surface area contributed by atoms with Crippen LogP contribution in [0.3, 0.4) is 0 Å². The molecule has 2 N–H and O–H groups in total. The zero-order valence-electron chi connectivity index (χ0n) is 15.0. The molecule has 0 unspecified atom stereocenters. The van der Waals surface area contributed by atoms with Crippen molar-refractivity contribution in [2.45, 2.75) is 40.2 Å². The van der Waals surface area contributed by atoms with Gasteiger partial charge in [-0.25, -0.2) is 4.79 Å². The van der Waals surface area contributed by atoms with Crippen molar-refractivity contribution < 1.29 is 19.1 Å². The van der Waals surface area contributed by atoms with Crippen LogP contribution in [-0.2, 0) is 14.3 Å². The first kappa shape index (κ1) is 19.5. The van der Waals surface area contributed by atoms with E-state index in [0.29, 0.717) is 0 Å². The second kappa shape index (κ2) is 8.33. The molecule has 0 fully saturated rings. The van der Waals surface area contributed by atoms with Crippen LogP contribution in [0.15, 0.2) is 18.3 Å². The van der Waals surface area contributed by atoms with Crippen LogP contribution in [0, 0.1) is 13.8 Å². The average Bonchev–Trinajstić information content (AvgIpc) is 2.92. The number of aromatic amines is 1. The summed E-state index contributed by atoms with van der Waals surface area (Å²) in [5.41, 5.74) is 3.14. The van der Waals surface area contributed by atoms with E-state index in [4.69, 9.17) is 4.74 Å². The molecule has 0 saturated carbocycles. The maximum atomic E-state index is 10.9. The van der Waals surface area contributed by atoms with E-state index in [9.17, 15) is 9.59 Å². The second-order valence-corrected chi connectivity index (χ2v) is 6.35. The number of hydrogen-bond donors (Lipinski definition) is 2. The van der Waals surface area contributed by atoms with Crippen molar-refractivity contribution in [2.75, 3.05) is 13.7 Å². The van der Waals surface area contributed by atoms with Gasteiger partial charge in [-0.05, 0) is 46.2 Å². The number of ether oxygens (including phenoxy) is 2. The summed E-state index contributed by atoms with van der Waals surface area (Å²) in [5, 5.41) is 10.4. The number of benzene rings is 1. The summed E-state index contributed by atoms with van der Waals surface area (Å²) in [6.45, 7) is 9.23. The van der Waals surface area contributed by atoms with Gasteiger partial charge in [0.2, 0.25) is 0 Å². The van der Waals surface area contributed by atoms with Crippen LogP contribution >= 0.6 is 0 Å². The lowest BCUT2D eigenvalue weighted by Gasteiger charge is -2.19. The van der Waals surface area contributed by atoms with Crippen LogP contribution in [0.2, 0.25) is 0 Å². The standard InChI is InChI=1S/C9H10N2.C8H15NO4/c1-6-3-7(2)9-8(4-6)5-10-11-9;1-8(2,3)13-7(11)9-5-6(10)12-4/h3-5H,1-2H3,(H,10,11);5H2,1-4H3,(H,9,11). The minimum Gasteiger partial charge on any atom is -0.468 e. The minimum atomic E-state index is -0.627. The van der Waals surface area contributed by atoms with Crippen LogP contribution in [0.4, 0.5) is 4.79 Å². The maximum Gasteiger partial charge on any atom is 0.408 e. The van der Waals surface area contributed by atoms with Gasteiger partial charge >= 0.3 is 12.1 Å². The zero-order chi connectivity index (χ0) is 18.3. The molecule has 1 aromatic carbocycles. The smallest absolute Gasteiger partial charge is 0.408 e. The SMILES string of the molecule is COC(=O)CNC(=O)OC(C)(C)C.Cc1cc(C)c2[nH]ncc2c1. The molecule has 0 atom stereocenters. The molecule has 0 aliphatic heterocycles. The predicted molar refractivity (Wildman–Crippen MR) is 91.8 cm³/mol. The number of fused-ring (bicyclic) bond motifs is 1. The van der Waals surface area contributed by atoms with E-state index >= 15 is 0 Å². The molecule has 7 heteroatoms. The third-order valence-corrected chi connectivity index (χ3v) is 2.89. The maximum absolute atomic E-state index is 10.9. The van der Waals surface area contributed by atoms with Crippen molar-refractivity contribution >= 4 is 23.0 Å². The number of methoxy groups -OCH3 is 1. The number of alkyl carbamates (subject to hydrolysis) is 1. The summed E-state index contributed by atoms with van der Waals surface area (Å²) < 4.78 is 9.20. The lowest BCUT2D eigenvalue weighted by molar-refractivity contribution is -0.139. The van der Waals surface area contributed by atoms with Gasteiger partial charge in [-0.1, -0.05) is 11.6 Å². The fraction of sp³-hybridized carbons (Fsp3) is 0.471. The van der Waals surface area contributed by atoms with E-state index in [2.05, 4.69) is 46.2 Å². The van der Waals surface area contributed by atoms with Crippen molar-refractivity contribution in [3.8, 4) is 0 Å². The molecule has 0 saturated heterocycles. The van der Waals surface area contributed by atoms with E-state index in [1.165, 1.54) is 23.6 Å². The van der Waals surface area contributed by atoms with Crippen LogP contribution in [-0.4, -0.2) is 41.5 Å². The number of nitrogens with zero attached hydrogens (tertiary/aromatic N) is 1. The lowest BCUT2D eigenvalue weighted by Crippen LogP contribution is -2.35. The highest BCUT2D eigenvalue weighted by Gasteiger charge is 2.16. The molecular formula is C17H25N3O4. The van der Waals surface area contributed by atoms with Crippen LogP contribution in [0.25, 0.3) is 10.9 Å². The number of esters is 1. The van der Waals surface area contributed by atoms with Gasteiger partial charge in [0.25, 0.3) is 0 Å². The predicted octanol–water partition coefficient (Wildman–Crippen LogP) is 2.86. The Kier molecular flexibility index (Phi) is 6.76. The monoisotopic (exact) mass is 335 g/mol. The number of hydrogen-bond acceptors (Lipinski definition) is 5. The molecule has 1 heterocycles. The van der Waals surface area contributed by atoms with Crippen molar-refractivity contribution in [1.82, 2.24) is 15.5 Å². The zero-order valence-corrected chi connectivity index (χ0v) is 15.0. The number of carbonyl (C=O) groups excluding carboxylic acids is 2. The fourth-order valence-electron chi connectivity index (χ4n) is 1.95. The van der Waals surface area contributed by atoms with E-state index < -0.39 is 17.7 Å². The first-order valence-corrected chi connectivity index (χ1v) is 7.56. The van der Waals surface area contributed by atoms with E-state index in [0.717, 1.165) is 5.52 Å². The van der Waals surface area contributed by atoms with Gasteiger partial charge in [-0.3, -0.25) is 9.89 Å².